The number of amides is 1. The molecule has 0 atom stereocenters. The highest BCUT2D eigenvalue weighted by Gasteiger charge is 2.50. The van der Waals surface area contributed by atoms with Crippen LogP contribution in [0.3, 0.4) is 0 Å². The van der Waals surface area contributed by atoms with Crippen LogP contribution in [0.25, 0.3) is 0 Å². The number of likely N-dealkylation sites (tertiary alicyclic amines) is 1. The molecule has 1 saturated heterocycles. The van der Waals surface area contributed by atoms with E-state index >= 15 is 4.39 Å². The minimum Gasteiger partial charge on any atom is -0.493 e. The fourth-order valence-corrected chi connectivity index (χ4v) is 6.86. The van der Waals surface area contributed by atoms with Crippen LogP contribution in [0.1, 0.15) is 71.6 Å². The summed E-state index contributed by atoms with van der Waals surface area (Å²) >= 11 is 6.07. The number of carbonyl (C=O) groups is 2. The summed E-state index contributed by atoms with van der Waals surface area (Å²) in [4.78, 5) is 30.4. The molecule has 10 nitrogen and oxygen atoms in total. The molecule has 2 aromatic rings. The lowest BCUT2D eigenvalue weighted by molar-refractivity contribution is -0.217. The van der Waals surface area contributed by atoms with Crippen LogP contribution in [0.5, 0.6) is 5.75 Å². The Bertz CT molecular complexity index is 1620. The van der Waals surface area contributed by atoms with Crippen molar-refractivity contribution in [1.82, 2.24) is 19.1 Å². The Hall–Kier alpha value is -3.12. The van der Waals surface area contributed by atoms with Crippen molar-refractivity contribution in [2.75, 3.05) is 19.7 Å². The molecule has 0 unspecified atom stereocenters. The second kappa shape index (κ2) is 12.5. The van der Waals surface area contributed by atoms with Crippen LogP contribution < -0.4 is 4.74 Å². The number of piperidine rings is 1. The first-order valence-electron chi connectivity index (χ1n) is 14.2. The fourth-order valence-electron chi connectivity index (χ4n) is 5.17. The molecule has 0 spiro atoms. The van der Waals surface area contributed by atoms with E-state index in [0.29, 0.717) is 44.3 Å². The number of hydrogen-bond donors (Lipinski definition) is 0. The summed E-state index contributed by atoms with van der Waals surface area (Å²) in [6, 6.07) is 1.84. The van der Waals surface area contributed by atoms with Gasteiger partial charge in [-0.2, -0.15) is 31.4 Å². The van der Waals surface area contributed by atoms with E-state index in [1.54, 1.807) is 4.90 Å². The summed E-state index contributed by atoms with van der Waals surface area (Å²) in [5.74, 6) is -6.25. The van der Waals surface area contributed by atoms with Crippen LogP contribution >= 0.6 is 11.6 Å². The summed E-state index contributed by atoms with van der Waals surface area (Å²) in [7, 11) is -3.54. The number of aromatic nitrogens is 2. The van der Waals surface area contributed by atoms with Gasteiger partial charge in [-0.05, 0) is 75.1 Å². The van der Waals surface area contributed by atoms with Gasteiger partial charge in [0.25, 0.3) is 10.0 Å². The van der Waals surface area contributed by atoms with Gasteiger partial charge in [0.05, 0.1) is 17.4 Å². The van der Waals surface area contributed by atoms with Crippen LogP contribution in [0.4, 0.5) is 30.7 Å². The van der Waals surface area contributed by atoms with Crippen LogP contribution in [0.2, 0.25) is 5.15 Å². The summed E-state index contributed by atoms with van der Waals surface area (Å²) in [6.45, 7) is 0.853. The molecule has 0 N–H and O–H groups in total. The zero-order chi connectivity index (χ0) is 33.8. The van der Waals surface area contributed by atoms with Gasteiger partial charge < -0.3 is 9.57 Å². The molecule has 254 valence electrons. The van der Waals surface area contributed by atoms with Gasteiger partial charge in [-0.25, -0.2) is 17.6 Å². The first kappa shape index (κ1) is 34.2. The monoisotopic (exact) mass is 704 g/mol. The van der Waals surface area contributed by atoms with Crippen LogP contribution in [-0.2, 0) is 39.4 Å². The maximum absolute atomic E-state index is 15.3. The summed E-state index contributed by atoms with van der Waals surface area (Å²) in [5.41, 5.74) is -1.75. The topological polar surface area (TPSA) is 111 Å². The summed E-state index contributed by atoms with van der Waals surface area (Å²) in [5, 5.41) is 2.12. The molecule has 1 aliphatic heterocycles. The molecule has 0 bridgehead atoms. The first-order chi connectivity index (χ1) is 21.4. The Morgan fingerprint density at radius 3 is 2.22 bits per heavy atom. The van der Waals surface area contributed by atoms with E-state index in [-0.39, 0.29) is 54.3 Å². The van der Waals surface area contributed by atoms with Gasteiger partial charge in [0.1, 0.15) is 16.7 Å². The van der Waals surface area contributed by atoms with Crippen molar-refractivity contribution < 1.29 is 58.3 Å². The summed E-state index contributed by atoms with van der Waals surface area (Å²) in [6.07, 6.45) is -7.97. The smallest absolute Gasteiger partial charge is 0.493 e. The molecule has 19 heteroatoms. The van der Waals surface area contributed by atoms with Crippen LogP contribution in [-0.4, -0.2) is 70.6 Å². The molecule has 2 saturated carbocycles. The van der Waals surface area contributed by atoms with E-state index in [2.05, 4.69) is 9.94 Å². The van der Waals surface area contributed by atoms with E-state index in [4.69, 9.17) is 16.3 Å². The molecule has 1 aromatic heterocycles. The fraction of sp³-hybridized carbons (Fsp3) is 0.593. The zero-order valence-electron chi connectivity index (χ0n) is 24.1. The molecule has 3 aliphatic rings. The minimum atomic E-state index is -5.62. The van der Waals surface area contributed by atoms with Gasteiger partial charge in [0.2, 0.25) is 0 Å². The first-order valence-corrected chi connectivity index (χ1v) is 16.1. The third kappa shape index (κ3) is 7.38. The number of ether oxygens (including phenoxy) is 1. The van der Waals surface area contributed by atoms with Gasteiger partial charge in [-0.1, -0.05) is 16.1 Å². The Kier molecular flexibility index (Phi) is 9.29. The van der Waals surface area contributed by atoms with Gasteiger partial charge in [0, 0.05) is 25.2 Å². The highest BCUT2D eigenvalue weighted by atomic mass is 35.5. The van der Waals surface area contributed by atoms with Crippen LogP contribution in [0, 0.1) is 11.7 Å². The van der Waals surface area contributed by atoms with Crippen molar-refractivity contribution in [2.24, 2.45) is 13.0 Å². The average molecular weight is 705 g/mol. The molecule has 1 amide bonds. The Labute approximate surface area is 263 Å². The lowest BCUT2D eigenvalue weighted by atomic mass is 9.97. The second-order valence-corrected chi connectivity index (χ2v) is 14.0. The summed E-state index contributed by atoms with van der Waals surface area (Å²) < 4.78 is 126. The van der Waals surface area contributed by atoms with Gasteiger partial charge in [-0.3, -0.25) is 14.4 Å². The number of halogens is 8. The predicted octanol–water partition coefficient (Wildman–Crippen LogP) is 5.35. The number of hydroxylamine groups is 1. The zero-order valence-corrected chi connectivity index (χ0v) is 25.7. The van der Waals surface area contributed by atoms with E-state index in [1.165, 1.54) is 7.05 Å². The van der Waals surface area contributed by atoms with Gasteiger partial charge in [0.15, 0.2) is 5.69 Å². The molecule has 0 radical (unpaired) electrons. The Morgan fingerprint density at radius 2 is 1.67 bits per heavy atom. The molecule has 5 rings (SSSR count). The number of aryl methyl sites for hydroxylation is 1. The second-order valence-electron chi connectivity index (χ2n) is 11.6. The number of carbonyl (C=O) groups excluding carboxylic acids is 2. The Balaban J connectivity index is 1.27. The van der Waals surface area contributed by atoms with Crippen molar-refractivity contribution >= 4 is 33.5 Å². The van der Waals surface area contributed by atoms with Gasteiger partial charge >= 0.3 is 24.2 Å². The molecule has 46 heavy (non-hydrogen) atoms. The number of alkyl halides is 6. The van der Waals surface area contributed by atoms with E-state index < -0.39 is 61.0 Å². The van der Waals surface area contributed by atoms with E-state index in [0.717, 1.165) is 16.8 Å². The Morgan fingerprint density at radius 1 is 1.04 bits per heavy atom. The highest BCUT2D eigenvalue weighted by molar-refractivity contribution is 7.90. The van der Waals surface area contributed by atoms with Crippen molar-refractivity contribution in [2.45, 2.75) is 68.6 Å². The number of benzene rings is 1. The largest absolute Gasteiger partial charge is 0.493 e. The molecule has 3 fully saturated rings. The van der Waals surface area contributed by atoms with Crippen molar-refractivity contribution in [3.8, 4) is 5.75 Å². The lowest BCUT2D eigenvalue weighted by Crippen LogP contribution is -2.44. The van der Waals surface area contributed by atoms with Crippen molar-refractivity contribution in [1.29, 1.82) is 0 Å². The van der Waals surface area contributed by atoms with E-state index in [9.17, 15) is 44.3 Å². The molecule has 2 aliphatic carbocycles. The minimum absolute atomic E-state index is 0.0169. The number of rotatable bonds is 9. The number of sulfonamides is 1. The maximum atomic E-state index is 15.3. The lowest BCUT2D eigenvalue weighted by Gasteiger charge is -2.32. The average Bonchev–Trinajstić information content (AvgIpc) is 3.89. The maximum Gasteiger partial charge on any atom is 0.493 e. The third-order valence-electron chi connectivity index (χ3n) is 7.99. The number of nitrogens with zero attached hydrogens (tertiary/aromatic N) is 4. The standard InChI is InChI=1S/C27H28ClF7N4O6S/c1-37-23(28)19(22(36-37)26(30,31)32)12-38-8-6-14(7-9-38)13-44-21-11-20(29)18(10-17(21)15-2-3-15)24(40)39(45-25(41)27(33,34)35)46(42,43)16-4-5-16/h10-11,14-16H,2-9,12-13H2,1H3. The van der Waals surface area contributed by atoms with Gasteiger partial charge in [-0.15, -0.1) is 0 Å². The quantitative estimate of drug-likeness (QED) is 0.254. The normalized spacial score (nSPS) is 18.5. The van der Waals surface area contributed by atoms with Crippen LogP contribution in [0.15, 0.2) is 12.1 Å². The van der Waals surface area contributed by atoms with Crippen molar-refractivity contribution in [3.63, 3.8) is 0 Å². The molecular formula is C27H28ClF7N4O6S. The molecular weight excluding hydrogens is 677 g/mol. The predicted molar refractivity (Wildman–Crippen MR) is 145 cm³/mol. The molecule has 1 aromatic carbocycles. The van der Waals surface area contributed by atoms with E-state index in [1.807, 2.05) is 0 Å². The SMILES string of the molecule is Cn1nc(C(F)(F)F)c(CN2CCC(COc3cc(F)c(C(=O)N(OC(=O)C(F)(F)F)S(=O)(=O)C4CC4)cc3C3CC3)CC2)c1Cl. The number of hydrogen-bond acceptors (Lipinski definition) is 8. The third-order valence-corrected chi connectivity index (χ3v) is 10.5. The van der Waals surface area contributed by atoms with Crippen molar-refractivity contribution in [3.05, 3.63) is 45.5 Å². The molecule has 2 heterocycles. The highest BCUT2D eigenvalue weighted by Crippen LogP contribution is 2.46.